The molecule has 0 amide bonds. The van der Waals surface area contributed by atoms with Crippen molar-refractivity contribution in [3.8, 4) is 0 Å². The summed E-state index contributed by atoms with van der Waals surface area (Å²) in [6.07, 6.45) is 0. The summed E-state index contributed by atoms with van der Waals surface area (Å²) in [6.45, 7) is 3.92. The zero-order valence-electron chi connectivity index (χ0n) is 11.5. The van der Waals surface area contributed by atoms with Crippen molar-refractivity contribution in [1.82, 2.24) is 9.62 Å². The Labute approximate surface area is 118 Å². The number of methoxy groups -OCH3 is 1. The smallest absolute Gasteiger partial charge is 0.338 e. The highest BCUT2D eigenvalue weighted by Crippen LogP contribution is 2.20. The van der Waals surface area contributed by atoms with E-state index in [0.717, 1.165) is 0 Å². The monoisotopic (exact) mass is 298 g/mol. The first kappa shape index (κ1) is 15.0. The number of sulfonamides is 1. The van der Waals surface area contributed by atoms with Crippen LogP contribution < -0.4 is 5.32 Å². The van der Waals surface area contributed by atoms with Gasteiger partial charge in [-0.2, -0.15) is 4.31 Å². The highest BCUT2D eigenvalue weighted by atomic mass is 32.2. The molecule has 0 aliphatic carbocycles. The number of carbonyl (C=O) groups excluding carboxylic acids is 1. The molecule has 1 aliphatic rings. The van der Waals surface area contributed by atoms with Crippen LogP contribution in [-0.2, 0) is 14.8 Å². The Hall–Kier alpha value is -1.44. The molecule has 0 spiro atoms. The number of esters is 1. The van der Waals surface area contributed by atoms with Crippen molar-refractivity contribution < 1.29 is 17.9 Å². The van der Waals surface area contributed by atoms with Gasteiger partial charge in [-0.3, -0.25) is 0 Å². The van der Waals surface area contributed by atoms with Crippen LogP contribution in [0.4, 0.5) is 0 Å². The van der Waals surface area contributed by atoms with E-state index in [9.17, 15) is 13.2 Å². The third-order valence-electron chi connectivity index (χ3n) is 3.32. The van der Waals surface area contributed by atoms with E-state index < -0.39 is 16.0 Å². The highest BCUT2D eigenvalue weighted by molar-refractivity contribution is 7.89. The number of benzene rings is 1. The zero-order chi connectivity index (χ0) is 14.8. The van der Waals surface area contributed by atoms with Gasteiger partial charge in [-0.1, -0.05) is 0 Å². The lowest BCUT2D eigenvalue weighted by atomic mass is 10.1. The maximum atomic E-state index is 12.5. The number of ether oxygens (including phenoxy) is 1. The fraction of sp³-hybridized carbons (Fsp3) is 0.462. The molecule has 110 valence electrons. The maximum Gasteiger partial charge on any atom is 0.338 e. The van der Waals surface area contributed by atoms with Crippen molar-refractivity contribution in [3.63, 3.8) is 0 Å². The van der Waals surface area contributed by atoms with Gasteiger partial charge < -0.3 is 10.1 Å². The lowest BCUT2D eigenvalue weighted by Gasteiger charge is -2.26. The minimum absolute atomic E-state index is 0.213. The van der Waals surface area contributed by atoms with Crippen LogP contribution in [0, 0.1) is 6.92 Å². The SMILES string of the molecule is COC(=O)c1ccc(S(=O)(=O)N2CCNCC2)cc1C. The van der Waals surface area contributed by atoms with Gasteiger partial charge in [0.1, 0.15) is 0 Å². The number of piperazine rings is 1. The summed E-state index contributed by atoms with van der Waals surface area (Å²) >= 11 is 0. The van der Waals surface area contributed by atoms with Crippen molar-refractivity contribution in [2.45, 2.75) is 11.8 Å². The Morgan fingerprint density at radius 3 is 2.50 bits per heavy atom. The lowest BCUT2D eigenvalue weighted by molar-refractivity contribution is 0.0600. The largest absolute Gasteiger partial charge is 0.465 e. The first-order valence-electron chi connectivity index (χ1n) is 6.36. The molecule has 0 unspecified atom stereocenters. The van der Waals surface area contributed by atoms with Gasteiger partial charge in [-0.25, -0.2) is 13.2 Å². The molecule has 1 aromatic carbocycles. The quantitative estimate of drug-likeness (QED) is 0.816. The Balaban J connectivity index is 2.33. The fourth-order valence-electron chi connectivity index (χ4n) is 2.17. The normalized spacial score (nSPS) is 16.9. The van der Waals surface area contributed by atoms with Crippen molar-refractivity contribution >= 4 is 16.0 Å². The van der Waals surface area contributed by atoms with Crippen molar-refractivity contribution in [2.75, 3.05) is 33.3 Å². The van der Waals surface area contributed by atoms with Crippen LogP contribution in [0.15, 0.2) is 23.1 Å². The predicted octanol–water partition coefficient (Wildman–Crippen LogP) is 0.376. The van der Waals surface area contributed by atoms with Crippen molar-refractivity contribution in [1.29, 1.82) is 0 Å². The molecular weight excluding hydrogens is 280 g/mol. The summed E-state index contributed by atoms with van der Waals surface area (Å²) in [7, 11) is -2.19. The summed E-state index contributed by atoms with van der Waals surface area (Å²) in [5.41, 5.74) is 0.972. The molecular formula is C13H18N2O4S. The molecule has 0 saturated carbocycles. The van der Waals surface area contributed by atoms with Crippen LogP contribution in [0.5, 0.6) is 0 Å². The Morgan fingerprint density at radius 2 is 1.95 bits per heavy atom. The molecule has 1 saturated heterocycles. The van der Waals surface area contributed by atoms with E-state index in [0.29, 0.717) is 37.3 Å². The second-order valence-corrected chi connectivity index (χ2v) is 6.56. The number of nitrogens with one attached hydrogen (secondary N) is 1. The Kier molecular flexibility index (Phi) is 4.42. The first-order valence-corrected chi connectivity index (χ1v) is 7.80. The standard InChI is InChI=1S/C13H18N2O4S/c1-10-9-11(3-4-12(10)13(16)19-2)20(17,18)15-7-5-14-6-8-15/h3-4,9,14H,5-8H2,1-2H3. The molecule has 1 aliphatic heterocycles. The minimum atomic E-state index is -3.49. The van der Waals surface area contributed by atoms with Gasteiger partial charge >= 0.3 is 5.97 Å². The van der Waals surface area contributed by atoms with Crippen molar-refractivity contribution in [2.24, 2.45) is 0 Å². The van der Waals surface area contributed by atoms with E-state index in [1.807, 2.05) is 0 Å². The first-order chi connectivity index (χ1) is 9.46. The van der Waals surface area contributed by atoms with Crippen molar-refractivity contribution in [3.05, 3.63) is 29.3 Å². The van der Waals surface area contributed by atoms with E-state index in [4.69, 9.17) is 0 Å². The van der Waals surface area contributed by atoms with Gasteiger partial charge in [0.05, 0.1) is 17.6 Å². The van der Waals surface area contributed by atoms with Gasteiger partial charge in [-0.15, -0.1) is 0 Å². The molecule has 2 rings (SSSR count). The van der Waals surface area contributed by atoms with Gasteiger partial charge in [-0.05, 0) is 30.7 Å². The third-order valence-corrected chi connectivity index (χ3v) is 5.21. The molecule has 6 nitrogen and oxygen atoms in total. The van der Waals surface area contributed by atoms with Crippen LogP contribution in [0.3, 0.4) is 0 Å². The zero-order valence-corrected chi connectivity index (χ0v) is 12.4. The van der Waals surface area contributed by atoms with Crippen LogP contribution in [0.1, 0.15) is 15.9 Å². The van der Waals surface area contributed by atoms with Crippen LogP contribution >= 0.6 is 0 Å². The van der Waals surface area contributed by atoms with E-state index in [1.165, 1.54) is 29.6 Å². The summed E-state index contributed by atoms with van der Waals surface area (Å²) in [4.78, 5) is 11.7. The molecule has 0 bridgehead atoms. The summed E-state index contributed by atoms with van der Waals surface area (Å²) in [5.74, 6) is -0.464. The Bertz CT molecular complexity index is 607. The van der Waals surface area contributed by atoms with Gasteiger partial charge in [0.2, 0.25) is 10.0 Å². The topological polar surface area (TPSA) is 75.7 Å². The minimum Gasteiger partial charge on any atom is -0.465 e. The van der Waals surface area contributed by atoms with Gasteiger partial charge in [0, 0.05) is 26.2 Å². The third kappa shape index (κ3) is 2.84. The molecule has 0 aromatic heterocycles. The lowest BCUT2D eigenvalue weighted by Crippen LogP contribution is -2.46. The summed E-state index contributed by atoms with van der Waals surface area (Å²) in [5, 5.41) is 3.11. The molecule has 1 heterocycles. The molecule has 1 N–H and O–H groups in total. The molecule has 20 heavy (non-hydrogen) atoms. The molecule has 1 aromatic rings. The highest BCUT2D eigenvalue weighted by Gasteiger charge is 2.26. The van der Waals surface area contributed by atoms with Gasteiger partial charge in [0.15, 0.2) is 0 Å². The number of carbonyl (C=O) groups is 1. The average Bonchev–Trinajstić information content (AvgIpc) is 2.47. The average molecular weight is 298 g/mol. The van der Waals surface area contributed by atoms with E-state index in [1.54, 1.807) is 6.92 Å². The van der Waals surface area contributed by atoms with E-state index in [2.05, 4.69) is 10.1 Å². The van der Waals surface area contributed by atoms with Crippen LogP contribution in [0.25, 0.3) is 0 Å². The number of rotatable bonds is 3. The number of aryl methyl sites for hydroxylation is 1. The van der Waals surface area contributed by atoms with E-state index >= 15 is 0 Å². The number of hydrogen-bond donors (Lipinski definition) is 1. The molecule has 0 radical (unpaired) electrons. The second kappa shape index (κ2) is 5.90. The summed E-state index contributed by atoms with van der Waals surface area (Å²) < 4.78 is 31.1. The number of hydrogen-bond acceptors (Lipinski definition) is 5. The predicted molar refractivity (Wildman–Crippen MR) is 74.1 cm³/mol. The second-order valence-electron chi connectivity index (χ2n) is 4.62. The summed E-state index contributed by atoms with van der Waals surface area (Å²) in [6, 6.07) is 4.47. The fourth-order valence-corrected chi connectivity index (χ4v) is 3.70. The molecule has 1 fully saturated rings. The maximum absolute atomic E-state index is 12.5. The van der Waals surface area contributed by atoms with E-state index in [-0.39, 0.29) is 4.90 Å². The number of nitrogens with zero attached hydrogens (tertiary/aromatic N) is 1. The van der Waals surface area contributed by atoms with Gasteiger partial charge in [0.25, 0.3) is 0 Å². The van der Waals surface area contributed by atoms with Crippen LogP contribution in [-0.4, -0.2) is 52.0 Å². The molecule has 7 heteroatoms. The molecule has 0 atom stereocenters. The Morgan fingerprint density at radius 1 is 1.30 bits per heavy atom. The van der Waals surface area contributed by atoms with Crippen LogP contribution in [0.2, 0.25) is 0 Å².